The number of nitrogens with zero attached hydrogens (tertiary/aromatic N) is 3. The zero-order chi connectivity index (χ0) is 18.7. The Morgan fingerprint density at radius 3 is 2.58 bits per heavy atom. The molecule has 2 aliphatic heterocycles. The molecule has 3 heterocycles. The summed E-state index contributed by atoms with van der Waals surface area (Å²) in [5.41, 5.74) is -0.567. The number of carbonyl (C=O) groups is 2. The van der Waals surface area contributed by atoms with Gasteiger partial charge in [0.25, 0.3) is 5.56 Å². The van der Waals surface area contributed by atoms with Crippen molar-refractivity contribution in [3.63, 3.8) is 0 Å². The van der Waals surface area contributed by atoms with Crippen molar-refractivity contribution in [2.24, 2.45) is 5.92 Å². The van der Waals surface area contributed by atoms with Crippen LogP contribution in [0.3, 0.4) is 0 Å². The molecule has 1 aromatic heterocycles. The third kappa shape index (κ3) is 4.23. The van der Waals surface area contributed by atoms with Gasteiger partial charge in [0.1, 0.15) is 6.54 Å². The van der Waals surface area contributed by atoms with Crippen LogP contribution >= 0.6 is 0 Å². The molecule has 0 radical (unpaired) electrons. The molecule has 1 N–H and O–H groups in total. The normalized spacial score (nSPS) is 18.6. The zero-order valence-electron chi connectivity index (χ0n) is 15.2. The van der Waals surface area contributed by atoms with Crippen molar-refractivity contribution in [1.82, 2.24) is 19.4 Å². The zero-order valence-corrected chi connectivity index (χ0v) is 15.2. The van der Waals surface area contributed by atoms with E-state index in [1.165, 1.54) is 10.8 Å². The van der Waals surface area contributed by atoms with Gasteiger partial charge in [-0.05, 0) is 38.5 Å². The van der Waals surface area contributed by atoms with Crippen LogP contribution in [0.4, 0.5) is 0 Å². The van der Waals surface area contributed by atoms with Crippen LogP contribution in [0.2, 0.25) is 0 Å². The van der Waals surface area contributed by atoms with Gasteiger partial charge >= 0.3 is 5.69 Å². The van der Waals surface area contributed by atoms with E-state index in [-0.39, 0.29) is 18.4 Å². The first-order valence-corrected chi connectivity index (χ1v) is 9.30. The summed E-state index contributed by atoms with van der Waals surface area (Å²) in [5, 5.41) is 0. The van der Waals surface area contributed by atoms with E-state index >= 15 is 0 Å². The van der Waals surface area contributed by atoms with Crippen LogP contribution in [-0.2, 0) is 16.1 Å². The molecule has 0 atom stereocenters. The second kappa shape index (κ2) is 7.88. The molecule has 8 heteroatoms. The molecule has 2 saturated heterocycles. The molecule has 3 rings (SSSR count). The predicted molar refractivity (Wildman–Crippen MR) is 95.8 cm³/mol. The Morgan fingerprint density at radius 2 is 1.92 bits per heavy atom. The summed E-state index contributed by atoms with van der Waals surface area (Å²) in [6, 6.07) is 0. The molecule has 0 aliphatic carbocycles. The monoisotopic (exact) mass is 362 g/mol. The van der Waals surface area contributed by atoms with Crippen molar-refractivity contribution in [3.05, 3.63) is 32.6 Å². The summed E-state index contributed by atoms with van der Waals surface area (Å²) in [6.45, 7) is 4.61. The molecule has 142 valence electrons. The molecule has 0 saturated carbocycles. The largest absolute Gasteiger partial charge is 0.343 e. The van der Waals surface area contributed by atoms with Crippen LogP contribution in [0, 0.1) is 12.8 Å². The Labute approximate surface area is 151 Å². The molecule has 1 aromatic rings. The minimum atomic E-state index is -0.556. The minimum Gasteiger partial charge on any atom is -0.343 e. The van der Waals surface area contributed by atoms with Crippen molar-refractivity contribution in [3.8, 4) is 0 Å². The Morgan fingerprint density at radius 1 is 1.19 bits per heavy atom. The number of nitrogens with one attached hydrogen (secondary N) is 1. The lowest BCUT2D eigenvalue weighted by Gasteiger charge is -2.33. The molecule has 0 aromatic carbocycles. The van der Waals surface area contributed by atoms with E-state index in [1.807, 2.05) is 4.90 Å². The number of hydrogen-bond donors (Lipinski definition) is 1. The Hall–Kier alpha value is -2.38. The number of rotatable bonds is 5. The van der Waals surface area contributed by atoms with E-state index in [9.17, 15) is 19.2 Å². The van der Waals surface area contributed by atoms with Gasteiger partial charge in [-0.25, -0.2) is 4.79 Å². The maximum Gasteiger partial charge on any atom is 0.328 e. The van der Waals surface area contributed by atoms with Crippen molar-refractivity contribution in [2.45, 2.75) is 45.6 Å². The van der Waals surface area contributed by atoms with Gasteiger partial charge in [0, 0.05) is 44.4 Å². The second-order valence-corrected chi connectivity index (χ2v) is 7.30. The van der Waals surface area contributed by atoms with Gasteiger partial charge in [-0.3, -0.25) is 23.9 Å². The summed E-state index contributed by atoms with van der Waals surface area (Å²) in [5.74, 6) is 0.691. The third-order valence-electron chi connectivity index (χ3n) is 5.44. The van der Waals surface area contributed by atoms with Gasteiger partial charge in [0.15, 0.2) is 0 Å². The van der Waals surface area contributed by atoms with Crippen LogP contribution in [0.5, 0.6) is 0 Å². The van der Waals surface area contributed by atoms with Crippen LogP contribution < -0.4 is 11.2 Å². The number of carbonyl (C=O) groups excluding carboxylic acids is 2. The van der Waals surface area contributed by atoms with Crippen LogP contribution in [0.25, 0.3) is 0 Å². The van der Waals surface area contributed by atoms with Crippen molar-refractivity contribution in [2.75, 3.05) is 26.2 Å². The first kappa shape index (κ1) is 18.4. The fraction of sp³-hybridized carbons (Fsp3) is 0.667. The quantitative estimate of drug-likeness (QED) is 0.803. The second-order valence-electron chi connectivity index (χ2n) is 7.30. The molecule has 0 unspecified atom stereocenters. The molecule has 2 fully saturated rings. The number of aromatic amines is 1. The number of amides is 2. The fourth-order valence-electron chi connectivity index (χ4n) is 3.73. The molecular formula is C18H26N4O4. The molecule has 8 nitrogen and oxygen atoms in total. The van der Waals surface area contributed by atoms with Gasteiger partial charge in [-0.2, -0.15) is 0 Å². The SMILES string of the molecule is Cc1cn(CC(=O)N2CCC(CCN3CCCC3=O)CC2)c(=O)[nH]c1=O. The van der Waals surface area contributed by atoms with Crippen molar-refractivity contribution >= 4 is 11.8 Å². The molecule has 2 aliphatic rings. The number of aromatic nitrogens is 2. The summed E-state index contributed by atoms with van der Waals surface area (Å²) >= 11 is 0. The molecule has 2 amide bonds. The number of likely N-dealkylation sites (tertiary alicyclic amines) is 2. The molecule has 0 spiro atoms. The molecule has 26 heavy (non-hydrogen) atoms. The van der Waals surface area contributed by atoms with Gasteiger partial charge in [0.05, 0.1) is 0 Å². The van der Waals surface area contributed by atoms with Gasteiger partial charge < -0.3 is 9.80 Å². The summed E-state index contributed by atoms with van der Waals surface area (Å²) < 4.78 is 1.25. The van der Waals surface area contributed by atoms with E-state index in [1.54, 1.807) is 11.8 Å². The maximum absolute atomic E-state index is 12.5. The van der Waals surface area contributed by atoms with E-state index in [0.717, 1.165) is 38.8 Å². The van der Waals surface area contributed by atoms with E-state index in [0.29, 0.717) is 31.0 Å². The van der Waals surface area contributed by atoms with Gasteiger partial charge in [0.2, 0.25) is 11.8 Å². The van der Waals surface area contributed by atoms with E-state index in [2.05, 4.69) is 4.98 Å². The highest BCUT2D eigenvalue weighted by molar-refractivity contribution is 5.78. The number of aryl methyl sites for hydroxylation is 1. The standard InChI is InChI=1S/C18H26N4O4/c1-13-11-22(18(26)19-17(13)25)12-16(24)21-9-5-14(6-10-21)4-8-20-7-2-3-15(20)23/h11,14H,2-10,12H2,1H3,(H,19,25,26). The number of hydrogen-bond acceptors (Lipinski definition) is 4. The lowest BCUT2D eigenvalue weighted by atomic mass is 9.93. The van der Waals surface area contributed by atoms with E-state index < -0.39 is 11.2 Å². The average molecular weight is 362 g/mol. The topological polar surface area (TPSA) is 95.5 Å². The highest BCUT2D eigenvalue weighted by Crippen LogP contribution is 2.22. The van der Waals surface area contributed by atoms with Crippen LogP contribution in [0.1, 0.15) is 37.7 Å². The van der Waals surface area contributed by atoms with Crippen LogP contribution in [-0.4, -0.2) is 57.3 Å². The molecular weight excluding hydrogens is 336 g/mol. The average Bonchev–Trinajstić information content (AvgIpc) is 3.03. The van der Waals surface area contributed by atoms with Crippen molar-refractivity contribution < 1.29 is 9.59 Å². The number of H-pyrrole nitrogens is 1. The van der Waals surface area contributed by atoms with Crippen LogP contribution in [0.15, 0.2) is 15.8 Å². The predicted octanol–water partition coefficient (Wildman–Crippen LogP) is 0.0961. The summed E-state index contributed by atoms with van der Waals surface area (Å²) in [4.78, 5) is 53.3. The minimum absolute atomic E-state index is 0.0522. The Kier molecular flexibility index (Phi) is 5.58. The first-order valence-electron chi connectivity index (χ1n) is 9.30. The molecule has 0 bridgehead atoms. The highest BCUT2D eigenvalue weighted by Gasteiger charge is 2.25. The van der Waals surface area contributed by atoms with Gasteiger partial charge in [-0.15, -0.1) is 0 Å². The summed E-state index contributed by atoms with van der Waals surface area (Å²) in [7, 11) is 0. The number of piperidine rings is 1. The fourth-order valence-corrected chi connectivity index (χ4v) is 3.73. The third-order valence-corrected chi connectivity index (χ3v) is 5.44. The Balaban J connectivity index is 1.48. The van der Waals surface area contributed by atoms with E-state index in [4.69, 9.17) is 0 Å². The summed E-state index contributed by atoms with van der Waals surface area (Å²) in [6.07, 6.45) is 5.91. The highest BCUT2D eigenvalue weighted by atomic mass is 16.2. The Bertz CT molecular complexity index is 789. The lowest BCUT2D eigenvalue weighted by Crippen LogP contribution is -2.43. The smallest absolute Gasteiger partial charge is 0.328 e. The lowest BCUT2D eigenvalue weighted by molar-refractivity contribution is -0.133. The van der Waals surface area contributed by atoms with Gasteiger partial charge in [-0.1, -0.05) is 0 Å². The van der Waals surface area contributed by atoms with Crippen molar-refractivity contribution in [1.29, 1.82) is 0 Å². The maximum atomic E-state index is 12.5. The first-order chi connectivity index (χ1) is 12.4.